The molecule has 4 heterocycles. The van der Waals surface area contributed by atoms with Gasteiger partial charge in [0.25, 0.3) is 0 Å². The highest BCUT2D eigenvalue weighted by Crippen LogP contribution is 2.56. The van der Waals surface area contributed by atoms with Gasteiger partial charge in [-0.25, -0.2) is 18.5 Å². The standard InChI is InChI=1S/C24H23F2N5O5/c1-12-9-29-20-13(6-14(18(25)19(20)26)15-8-27-4-5-28-15)7-24-17(3-2-16(36-12)21(24)29)30(10-32)23(35)31(11-33)22(24)34/h3-6,8,12,16,21,32-33H,2,7,9-11H2,1H3/t12-,16+,21-,24?/m0/s1. The molecule has 4 atom stereocenters. The van der Waals surface area contributed by atoms with Gasteiger partial charge in [0.05, 0.1) is 35.8 Å². The molecule has 0 radical (unpaired) electrons. The van der Waals surface area contributed by atoms with Gasteiger partial charge in [-0.2, -0.15) is 0 Å². The number of amides is 3. The summed E-state index contributed by atoms with van der Waals surface area (Å²) in [6.45, 7) is 0.363. The molecule has 3 aliphatic heterocycles. The van der Waals surface area contributed by atoms with Crippen molar-refractivity contribution in [3.8, 4) is 11.3 Å². The number of hydrogen-bond acceptors (Lipinski definition) is 8. The molecule has 1 unspecified atom stereocenters. The number of nitrogens with zero attached hydrogens (tertiary/aromatic N) is 5. The van der Waals surface area contributed by atoms with Crippen LogP contribution in [0.1, 0.15) is 18.9 Å². The molecule has 1 aromatic heterocycles. The summed E-state index contributed by atoms with van der Waals surface area (Å²) in [5.74, 6) is -2.82. The van der Waals surface area contributed by atoms with Gasteiger partial charge in [0.1, 0.15) is 18.9 Å². The number of carbonyl (C=O) groups is 2. The van der Waals surface area contributed by atoms with Gasteiger partial charge in [-0.05, 0) is 31.4 Å². The molecular formula is C24H23F2N5O5. The number of imide groups is 1. The largest absolute Gasteiger partial charge is 0.376 e. The van der Waals surface area contributed by atoms with Crippen LogP contribution >= 0.6 is 0 Å². The highest BCUT2D eigenvalue weighted by atomic mass is 19.2. The molecule has 6 rings (SSSR count). The van der Waals surface area contributed by atoms with Gasteiger partial charge in [-0.1, -0.05) is 6.08 Å². The topological polar surface area (TPSA) is 119 Å². The molecule has 2 fully saturated rings. The first kappa shape index (κ1) is 23.0. The van der Waals surface area contributed by atoms with Crippen molar-refractivity contribution in [3.05, 3.63) is 53.6 Å². The number of urea groups is 1. The number of aliphatic hydroxyl groups is 2. The lowest BCUT2D eigenvalue weighted by Crippen LogP contribution is -2.74. The SMILES string of the molecule is C[C@H]1CN2c3c(cc(-c4cnccn4)c(F)c3F)CC34C(=O)N(CO)C(=O)N(CO)C3=CC[C@@H](O1)[C@H]24. The van der Waals surface area contributed by atoms with Crippen molar-refractivity contribution >= 4 is 17.6 Å². The monoisotopic (exact) mass is 499 g/mol. The summed E-state index contributed by atoms with van der Waals surface area (Å²) < 4.78 is 37.4. The van der Waals surface area contributed by atoms with Crippen LogP contribution in [0.25, 0.3) is 11.3 Å². The lowest BCUT2D eigenvalue weighted by Gasteiger charge is -2.61. The minimum Gasteiger partial charge on any atom is -0.376 e. The number of ether oxygens (including phenoxy) is 1. The molecule has 3 amide bonds. The fourth-order valence-corrected chi connectivity index (χ4v) is 6.30. The van der Waals surface area contributed by atoms with Crippen LogP contribution in [0, 0.1) is 17.0 Å². The van der Waals surface area contributed by atoms with E-state index in [1.165, 1.54) is 24.7 Å². The van der Waals surface area contributed by atoms with Gasteiger partial charge in [0, 0.05) is 30.2 Å². The first-order valence-electron chi connectivity index (χ1n) is 11.6. The molecule has 0 bridgehead atoms. The van der Waals surface area contributed by atoms with Crippen molar-refractivity contribution in [3.63, 3.8) is 0 Å². The van der Waals surface area contributed by atoms with E-state index in [2.05, 4.69) is 9.97 Å². The number of aliphatic hydroxyl groups excluding tert-OH is 2. The summed E-state index contributed by atoms with van der Waals surface area (Å²) in [7, 11) is 0. The minimum absolute atomic E-state index is 0.0352. The average molecular weight is 499 g/mol. The molecule has 188 valence electrons. The van der Waals surface area contributed by atoms with Crippen LogP contribution in [0.15, 0.2) is 36.4 Å². The summed E-state index contributed by atoms with van der Waals surface area (Å²) in [5.41, 5.74) is -0.823. The van der Waals surface area contributed by atoms with Crippen LogP contribution in [0.2, 0.25) is 0 Å². The van der Waals surface area contributed by atoms with Crippen molar-refractivity contribution in [2.45, 2.75) is 38.0 Å². The van der Waals surface area contributed by atoms with Crippen molar-refractivity contribution in [2.24, 2.45) is 5.41 Å². The number of fused-ring (bicyclic) bond motifs is 2. The molecule has 2 aromatic rings. The van der Waals surface area contributed by atoms with E-state index in [0.29, 0.717) is 16.9 Å². The van der Waals surface area contributed by atoms with Crippen LogP contribution in [-0.4, -0.2) is 80.2 Å². The van der Waals surface area contributed by atoms with E-state index in [0.717, 1.165) is 4.90 Å². The smallest absolute Gasteiger partial charge is 0.334 e. The van der Waals surface area contributed by atoms with Gasteiger partial charge in [-0.3, -0.25) is 19.7 Å². The zero-order valence-electron chi connectivity index (χ0n) is 19.3. The van der Waals surface area contributed by atoms with Crippen molar-refractivity contribution in [1.82, 2.24) is 19.8 Å². The van der Waals surface area contributed by atoms with Crippen LogP contribution in [-0.2, 0) is 16.0 Å². The number of anilines is 1. The zero-order chi connectivity index (χ0) is 25.4. The van der Waals surface area contributed by atoms with E-state index in [9.17, 15) is 19.8 Å². The van der Waals surface area contributed by atoms with Gasteiger partial charge < -0.3 is 19.8 Å². The Morgan fingerprint density at radius 2 is 1.94 bits per heavy atom. The van der Waals surface area contributed by atoms with Crippen LogP contribution < -0.4 is 4.90 Å². The molecule has 2 saturated heterocycles. The minimum atomic E-state index is -1.49. The van der Waals surface area contributed by atoms with E-state index < -0.39 is 54.6 Å². The lowest BCUT2D eigenvalue weighted by molar-refractivity contribution is -0.155. The number of aromatic nitrogens is 2. The number of carbonyl (C=O) groups excluding carboxylic acids is 2. The van der Waals surface area contributed by atoms with Gasteiger partial charge >= 0.3 is 6.03 Å². The third-order valence-corrected chi connectivity index (χ3v) is 7.57. The second-order valence-corrected chi connectivity index (χ2v) is 9.43. The van der Waals surface area contributed by atoms with Gasteiger partial charge in [0.2, 0.25) is 5.91 Å². The van der Waals surface area contributed by atoms with E-state index in [1.807, 2.05) is 6.92 Å². The first-order valence-corrected chi connectivity index (χ1v) is 11.6. The Morgan fingerprint density at radius 3 is 2.64 bits per heavy atom. The molecule has 1 spiro atoms. The molecule has 1 aliphatic carbocycles. The van der Waals surface area contributed by atoms with E-state index in [-0.39, 0.29) is 41.7 Å². The summed E-state index contributed by atoms with van der Waals surface area (Å²) in [4.78, 5) is 38.3. The fourth-order valence-electron chi connectivity index (χ4n) is 6.30. The lowest BCUT2D eigenvalue weighted by atomic mass is 9.61. The Bertz CT molecular complexity index is 1310. The van der Waals surface area contributed by atoms with E-state index in [4.69, 9.17) is 4.74 Å². The van der Waals surface area contributed by atoms with Crippen LogP contribution in [0.3, 0.4) is 0 Å². The van der Waals surface area contributed by atoms with Crippen molar-refractivity contribution < 1.29 is 33.3 Å². The quantitative estimate of drug-likeness (QED) is 0.650. The van der Waals surface area contributed by atoms with Crippen molar-refractivity contribution in [2.75, 3.05) is 24.9 Å². The Balaban J connectivity index is 1.62. The predicted octanol–water partition coefficient (Wildman–Crippen LogP) is 1.38. The molecule has 10 nitrogen and oxygen atoms in total. The van der Waals surface area contributed by atoms with Gasteiger partial charge in [-0.15, -0.1) is 0 Å². The summed E-state index contributed by atoms with van der Waals surface area (Å²) in [5, 5.41) is 20.0. The Kier molecular flexibility index (Phi) is 5.11. The number of rotatable bonds is 3. The Labute approximate surface area is 204 Å². The number of morpholine rings is 1. The number of hydrogen-bond donors (Lipinski definition) is 2. The molecular weight excluding hydrogens is 476 g/mol. The predicted molar refractivity (Wildman–Crippen MR) is 120 cm³/mol. The molecule has 36 heavy (non-hydrogen) atoms. The molecule has 4 aliphatic rings. The highest BCUT2D eigenvalue weighted by molar-refractivity contribution is 6.04. The van der Waals surface area contributed by atoms with Crippen molar-refractivity contribution in [1.29, 1.82) is 0 Å². The average Bonchev–Trinajstić information content (AvgIpc) is 2.87. The maximum Gasteiger partial charge on any atom is 0.334 e. The van der Waals surface area contributed by atoms with Crippen LogP contribution in [0.4, 0.5) is 19.3 Å². The molecule has 0 saturated carbocycles. The third-order valence-electron chi connectivity index (χ3n) is 7.57. The van der Waals surface area contributed by atoms with Gasteiger partial charge in [0.15, 0.2) is 11.6 Å². The summed E-state index contributed by atoms with van der Waals surface area (Å²) in [6.07, 6.45) is 5.07. The third kappa shape index (κ3) is 2.85. The maximum absolute atomic E-state index is 15.8. The molecule has 2 N–H and O–H groups in total. The Hall–Kier alpha value is -3.48. The molecule has 12 heteroatoms. The number of halogens is 2. The normalized spacial score (nSPS) is 29.0. The summed E-state index contributed by atoms with van der Waals surface area (Å²) in [6, 6.07) is -0.185. The van der Waals surface area contributed by atoms with Crippen LogP contribution in [0.5, 0.6) is 0 Å². The highest BCUT2D eigenvalue weighted by Gasteiger charge is 2.66. The first-order chi connectivity index (χ1) is 17.3. The number of benzene rings is 1. The molecule has 1 aromatic carbocycles. The second-order valence-electron chi connectivity index (χ2n) is 9.43. The maximum atomic E-state index is 15.8. The summed E-state index contributed by atoms with van der Waals surface area (Å²) >= 11 is 0. The van der Waals surface area contributed by atoms with E-state index >= 15 is 8.78 Å². The second kappa shape index (κ2) is 8.02. The zero-order valence-corrected chi connectivity index (χ0v) is 19.3. The van der Waals surface area contributed by atoms with E-state index in [1.54, 1.807) is 11.0 Å². The fraction of sp³-hybridized carbons (Fsp3) is 0.417. The Morgan fingerprint density at radius 1 is 1.17 bits per heavy atom.